The van der Waals surface area contributed by atoms with Crippen LogP contribution in [0.5, 0.6) is 5.75 Å². The number of ether oxygens (including phenoxy) is 3. The molecule has 0 saturated carbocycles. The Morgan fingerprint density at radius 2 is 2.00 bits per heavy atom. The van der Waals surface area contributed by atoms with Crippen LogP contribution >= 0.6 is 11.6 Å². The molecule has 1 N–H and O–H groups in total. The summed E-state index contributed by atoms with van der Waals surface area (Å²) >= 11 is 6.06. The number of nitro groups is 1. The van der Waals surface area contributed by atoms with Gasteiger partial charge in [-0.05, 0) is 40.2 Å². The molecule has 1 atom stereocenters. The molecule has 0 radical (unpaired) electrons. The molecule has 0 heterocycles. The number of carbonyl (C=O) groups excluding carboxylic acids is 2. The highest BCUT2D eigenvalue weighted by atomic mass is 35.5. The van der Waals surface area contributed by atoms with Gasteiger partial charge in [0.15, 0.2) is 5.02 Å². The van der Waals surface area contributed by atoms with Gasteiger partial charge in [0.25, 0.3) is 5.69 Å². The van der Waals surface area contributed by atoms with Gasteiger partial charge in [0, 0.05) is 6.07 Å². The molecule has 10 heteroatoms. The van der Waals surface area contributed by atoms with E-state index in [-0.39, 0.29) is 22.9 Å². The molecule has 0 saturated heterocycles. The van der Waals surface area contributed by atoms with E-state index >= 15 is 0 Å². The first-order chi connectivity index (χ1) is 13.5. The Bertz CT molecular complexity index is 787. The molecule has 160 valence electrons. The third-order valence-electron chi connectivity index (χ3n) is 3.46. The third kappa shape index (κ3) is 7.98. The molecule has 29 heavy (non-hydrogen) atoms. The highest BCUT2D eigenvalue weighted by molar-refractivity contribution is 6.34. The second-order valence-electron chi connectivity index (χ2n) is 7.02. The highest BCUT2D eigenvalue weighted by Gasteiger charge is 2.24. The zero-order valence-corrected chi connectivity index (χ0v) is 17.7. The second-order valence-corrected chi connectivity index (χ2v) is 7.39. The van der Waals surface area contributed by atoms with E-state index < -0.39 is 34.3 Å². The second kappa shape index (κ2) is 10.7. The van der Waals surface area contributed by atoms with Crippen molar-refractivity contribution in [2.24, 2.45) is 0 Å². The van der Waals surface area contributed by atoms with Crippen LogP contribution in [0.2, 0.25) is 5.02 Å². The fraction of sp³-hybridized carbons (Fsp3) is 0.474. The Balaban J connectivity index is 3.05. The first-order valence-corrected chi connectivity index (χ1v) is 9.16. The number of allylic oxidation sites excluding steroid dienone is 1. The van der Waals surface area contributed by atoms with Gasteiger partial charge in [0.05, 0.1) is 23.6 Å². The predicted octanol–water partition coefficient (Wildman–Crippen LogP) is 4.27. The average molecular weight is 429 g/mol. The van der Waals surface area contributed by atoms with Crippen LogP contribution < -0.4 is 10.1 Å². The first-order valence-electron chi connectivity index (χ1n) is 8.78. The molecular weight excluding hydrogens is 404 g/mol. The minimum absolute atomic E-state index is 0.0644. The lowest BCUT2D eigenvalue weighted by Gasteiger charge is -2.23. The Morgan fingerprint density at radius 3 is 2.52 bits per heavy atom. The maximum absolute atomic E-state index is 12.0. The molecule has 1 rings (SSSR count). The van der Waals surface area contributed by atoms with Gasteiger partial charge in [-0.25, -0.2) is 9.59 Å². The molecule has 1 unspecified atom stereocenters. The minimum Gasteiger partial charge on any atom is -0.490 e. The van der Waals surface area contributed by atoms with Crippen LogP contribution in [-0.2, 0) is 9.47 Å². The number of hydrogen-bond donors (Lipinski definition) is 1. The number of carbonyl (C=O) groups is 2. The van der Waals surface area contributed by atoms with Gasteiger partial charge in [0.1, 0.15) is 18.0 Å². The van der Waals surface area contributed by atoms with Gasteiger partial charge in [-0.1, -0.05) is 23.8 Å². The van der Waals surface area contributed by atoms with Gasteiger partial charge in [-0.3, -0.25) is 10.1 Å². The lowest BCUT2D eigenvalue weighted by atomic mass is 10.1. The van der Waals surface area contributed by atoms with E-state index in [0.29, 0.717) is 6.42 Å². The Kier molecular flexibility index (Phi) is 8.90. The van der Waals surface area contributed by atoms with E-state index in [1.807, 2.05) is 13.0 Å². The van der Waals surface area contributed by atoms with E-state index in [4.69, 9.17) is 21.1 Å². The van der Waals surface area contributed by atoms with Gasteiger partial charge in [-0.15, -0.1) is 0 Å². The van der Waals surface area contributed by atoms with Gasteiger partial charge in [0.2, 0.25) is 0 Å². The van der Waals surface area contributed by atoms with E-state index in [9.17, 15) is 19.7 Å². The number of methoxy groups -OCH3 is 1. The number of benzene rings is 1. The highest BCUT2D eigenvalue weighted by Crippen LogP contribution is 2.35. The van der Waals surface area contributed by atoms with Crippen molar-refractivity contribution in [3.63, 3.8) is 0 Å². The van der Waals surface area contributed by atoms with Crippen molar-refractivity contribution in [1.29, 1.82) is 0 Å². The average Bonchev–Trinajstić information content (AvgIpc) is 2.62. The summed E-state index contributed by atoms with van der Waals surface area (Å²) in [6.07, 6.45) is 3.42. The predicted molar refractivity (Wildman–Crippen MR) is 108 cm³/mol. The number of halogens is 1. The van der Waals surface area contributed by atoms with Crippen molar-refractivity contribution in [2.75, 3.05) is 13.7 Å². The van der Waals surface area contributed by atoms with Gasteiger partial charge >= 0.3 is 12.1 Å². The number of nitro benzene ring substituents is 1. The van der Waals surface area contributed by atoms with Crippen molar-refractivity contribution in [1.82, 2.24) is 5.32 Å². The minimum atomic E-state index is -0.771. The van der Waals surface area contributed by atoms with Crippen molar-refractivity contribution in [3.8, 4) is 5.75 Å². The molecule has 1 aromatic rings. The quantitative estimate of drug-likeness (QED) is 0.284. The SMILES string of the molecule is CC=CCC(COc1cc(C(=O)OC)cc([N+](=O)[O-])c1Cl)NC(=O)OC(C)(C)C. The van der Waals surface area contributed by atoms with Crippen LogP contribution in [0.25, 0.3) is 0 Å². The van der Waals surface area contributed by atoms with Crippen molar-refractivity contribution in [2.45, 2.75) is 45.8 Å². The van der Waals surface area contributed by atoms with E-state index in [1.54, 1.807) is 26.8 Å². The molecule has 0 bridgehead atoms. The number of esters is 1. The number of alkyl carbamates (subject to hydrolysis) is 1. The molecule has 0 fully saturated rings. The number of nitrogens with one attached hydrogen (secondary N) is 1. The number of amides is 1. The standard InChI is InChI=1S/C19H25ClN2O7/c1-6-7-8-13(21-18(24)29-19(2,3)4)11-28-15-10-12(17(23)27-5)9-14(16(15)20)22(25)26/h6-7,9-10,13H,8,11H2,1-5H3,(H,21,24). The summed E-state index contributed by atoms with van der Waals surface area (Å²) in [6, 6.07) is 1.76. The Labute approximate surface area is 174 Å². The fourth-order valence-corrected chi connectivity index (χ4v) is 2.42. The van der Waals surface area contributed by atoms with Gasteiger partial charge < -0.3 is 19.5 Å². The number of nitrogens with zero attached hydrogens (tertiary/aromatic N) is 1. The maximum Gasteiger partial charge on any atom is 0.408 e. The molecule has 9 nitrogen and oxygen atoms in total. The number of hydrogen-bond acceptors (Lipinski definition) is 7. The fourth-order valence-electron chi connectivity index (χ4n) is 2.19. The first kappa shape index (κ1) is 24.2. The summed E-state index contributed by atoms with van der Waals surface area (Å²) in [7, 11) is 1.15. The summed E-state index contributed by atoms with van der Waals surface area (Å²) in [4.78, 5) is 34.3. The summed E-state index contributed by atoms with van der Waals surface area (Å²) in [5.41, 5.74) is -1.24. The van der Waals surface area contributed by atoms with Crippen LogP contribution in [-0.4, -0.2) is 42.3 Å². The molecule has 0 aliphatic carbocycles. The molecule has 1 amide bonds. The van der Waals surface area contributed by atoms with Crippen LogP contribution in [0.1, 0.15) is 44.5 Å². The summed E-state index contributed by atoms with van der Waals surface area (Å²) in [6.45, 7) is 6.97. The molecular formula is C19H25ClN2O7. The summed E-state index contributed by atoms with van der Waals surface area (Å²) < 4.78 is 15.4. The van der Waals surface area contributed by atoms with Crippen LogP contribution in [0.15, 0.2) is 24.3 Å². The van der Waals surface area contributed by atoms with Crippen molar-refractivity contribution < 1.29 is 28.7 Å². The largest absolute Gasteiger partial charge is 0.490 e. The summed E-state index contributed by atoms with van der Waals surface area (Å²) in [5.74, 6) is -0.843. The topological polar surface area (TPSA) is 117 Å². The zero-order valence-electron chi connectivity index (χ0n) is 17.0. The molecule has 1 aromatic carbocycles. The van der Waals surface area contributed by atoms with E-state index in [0.717, 1.165) is 13.2 Å². The van der Waals surface area contributed by atoms with Crippen molar-refractivity contribution in [3.05, 3.63) is 45.0 Å². The van der Waals surface area contributed by atoms with E-state index in [1.165, 1.54) is 6.07 Å². The zero-order chi connectivity index (χ0) is 22.2. The third-order valence-corrected chi connectivity index (χ3v) is 3.83. The molecule has 0 aliphatic rings. The lowest BCUT2D eigenvalue weighted by molar-refractivity contribution is -0.384. The lowest BCUT2D eigenvalue weighted by Crippen LogP contribution is -2.42. The van der Waals surface area contributed by atoms with E-state index in [2.05, 4.69) is 10.1 Å². The maximum atomic E-state index is 12.0. The van der Waals surface area contributed by atoms with Crippen LogP contribution in [0.3, 0.4) is 0 Å². The van der Waals surface area contributed by atoms with Crippen LogP contribution in [0.4, 0.5) is 10.5 Å². The van der Waals surface area contributed by atoms with Gasteiger partial charge in [-0.2, -0.15) is 0 Å². The Hall–Kier alpha value is -2.81. The number of rotatable bonds is 8. The monoisotopic (exact) mass is 428 g/mol. The molecule has 0 spiro atoms. The molecule has 0 aliphatic heterocycles. The molecule has 0 aromatic heterocycles. The summed E-state index contributed by atoms with van der Waals surface area (Å²) in [5, 5.41) is 13.6. The van der Waals surface area contributed by atoms with Crippen molar-refractivity contribution >= 4 is 29.4 Å². The van der Waals surface area contributed by atoms with Crippen LogP contribution in [0, 0.1) is 10.1 Å². The normalized spacial score (nSPS) is 12.3. The Morgan fingerprint density at radius 1 is 1.34 bits per heavy atom. The smallest absolute Gasteiger partial charge is 0.408 e.